The summed E-state index contributed by atoms with van der Waals surface area (Å²) < 4.78 is 7.23. The number of carbonyl (C=O) groups excluding carboxylic acids is 1. The van der Waals surface area contributed by atoms with E-state index in [4.69, 9.17) is 9.84 Å². The number of carbonyl (C=O) groups is 2. The molecule has 0 bridgehead atoms. The molecule has 0 aliphatic heterocycles. The molecule has 1 atom stereocenters. The molecule has 0 saturated heterocycles. The fourth-order valence-electron chi connectivity index (χ4n) is 4.16. The number of aliphatic carboxylic acids is 1. The first-order chi connectivity index (χ1) is 15.9. The van der Waals surface area contributed by atoms with E-state index < -0.39 is 18.1 Å². The van der Waals surface area contributed by atoms with Crippen LogP contribution in [-0.4, -0.2) is 34.8 Å². The standard InChI is InChI=1S/C25H22Br2N2O4/c26-15-11-22(27)23(28-13-15)12-16(9-10-24(30)31)29-25(32)33-14-21-19-7-3-1-5-17(19)18-6-2-4-8-20(18)21/h1-8,11,13,16,21H,9-10,12,14H2,(H,29,32)(H,30,31). The van der Waals surface area contributed by atoms with E-state index in [1.807, 2.05) is 30.3 Å². The number of hydrogen-bond acceptors (Lipinski definition) is 4. The van der Waals surface area contributed by atoms with Crippen molar-refractivity contribution in [3.63, 3.8) is 0 Å². The monoisotopic (exact) mass is 572 g/mol. The Kier molecular flexibility index (Phi) is 7.45. The summed E-state index contributed by atoms with van der Waals surface area (Å²) in [7, 11) is 0. The van der Waals surface area contributed by atoms with Gasteiger partial charge in [-0.05, 0) is 66.6 Å². The zero-order valence-electron chi connectivity index (χ0n) is 17.6. The third-order valence-electron chi connectivity index (χ3n) is 5.70. The van der Waals surface area contributed by atoms with Gasteiger partial charge in [0.25, 0.3) is 0 Å². The van der Waals surface area contributed by atoms with E-state index in [9.17, 15) is 9.59 Å². The van der Waals surface area contributed by atoms with E-state index in [0.29, 0.717) is 6.42 Å². The van der Waals surface area contributed by atoms with Gasteiger partial charge in [0, 0.05) is 39.9 Å². The number of pyridine rings is 1. The van der Waals surface area contributed by atoms with Crippen LogP contribution in [0.15, 0.2) is 69.7 Å². The van der Waals surface area contributed by atoms with Crippen molar-refractivity contribution in [1.29, 1.82) is 0 Å². The predicted molar refractivity (Wildman–Crippen MR) is 132 cm³/mol. The first kappa shape index (κ1) is 23.4. The Bertz CT molecular complexity index is 1140. The Morgan fingerprint density at radius 1 is 1.06 bits per heavy atom. The minimum absolute atomic E-state index is 0.0390. The molecule has 1 aliphatic rings. The Morgan fingerprint density at radius 2 is 1.70 bits per heavy atom. The first-order valence-electron chi connectivity index (χ1n) is 10.6. The van der Waals surface area contributed by atoms with Crippen LogP contribution in [0.2, 0.25) is 0 Å². The molecule has 0 saturated carbocycles. The van der Waals surface area contributed by atoms with E-state index in [1.54, 1.807) is 6.20 Å². The summed E-state index contributed by atoms with van der Waals surface area (Å²) in [5, 5.41) is 11.9. The van der Waals surface area contributed by atoms with Crippen molar-refractivity contribution < 1.29 is 19.4 Å². The highest BCUT2D eigenvalue weighted by molar-refractivity contribution is 9.11. The number of aromatic nitrogens is 1. The van der Waals surface area contributed by atoms with Gasteiger partial charge in [0.05, 0.1) is 5.69 Å². The summed E-state index contributed by atoms with van der Waals surface area (Å²) in [6.45, 7) is 0.200. The average Bonchev–Trinajstić information content (AvgIpc) is 3.11. The molecule has 1 aliphatic carbocycles. The lowest BCUT2D eigenvalue weighted by molar-refractivity contribution is -0.137. The number of halogens is 2. The van der Waals surface area contributed by atoms with Crippen LogP contribution in [0.25, 0.3) is 11.1 Å². The number of benzene rings is 2. The normalized spacial score (nSPS) is 13.2. The van der Waals surface area contributed by atoms with Gasteiger partial charge in [-0.1, -0.05) is 48.5 Å². The molecule has 6 nitrogen and oxygen atoms in total. The summed E-state index contributed by atoms with van der Waals surface area (Å²) >= 11 is 6.84. The van der Waals surface area contributed by atoms with Crippen LogP contribution in [-0.2, 0) is 16.0 Å². The molecule has 1 unspecified atom stereocenters. The number of alkyl carbamates (subject to hydrolysis) is 1. The second kappa shape index (κ2) is 10.5. The van der Waals surface area contributed by atoms with Crippen LogP contribution >= 0.6 is 31.9 Å². The van der Waals surface area contributed by atoms with Crippen LogP contribution in [0.4, 0.5) is 4.79 Å². The third kappa shape index (κ3) is 5.62. The van der Waals surface area contributed by atoms with Gasteiger partial charge in [0.1, 0.15) is 6.61 Å². The third-order valence-corrected chi connectivity index (χ3v) is 6.82. The van der Waals surface area contributed by atoms with Crippen molar-refractivity contribution in [3.8, 4) is 11.1 Å². The van der Waals surface area contributed by atoms with E-state index in [0.717, 1.165) is 36.9 Å². The van der Waals surface area contributed by atoms with E-state index >= 15 is 0 Å². The zero-order valence-corrected chi connectivity index (χ0v) is 20.8. The Labute approximate surface area is 208 Å². The highest BCUT2D eigenvalue weighted by Gasteiger charge is 2.29. The van der Waals surface area contributed by atoms with Crippen LogP contribution in [0.3, 0.4) is 0 Å². The molecular weight excluding hydrogens is 552 g/mol. The number of nitrogens with zero attached hydrogens (tertiary/aromatic N) is 1. The number of hydrogen-bond donors (Lipinski definition) is 2. The van der Waals surface area contributed by atoms with Crippen molar-refractivity contribution >= 4 is 43.9 Å². The Hall–Kier alpha value is -2.71. The SMILES string of the molecule is O=C(O)CCC(Cc1ncc(Br)cc1Br)NC(=O)OCC1c2ccccc2-c2ccccc21. The molecular formula is C25H22Br2N2O4. The maximum atomic E-state index is 12.7. The molecule has 0 radical (unpaired) electrons. The maximum absolute atomic E-state index is 12.7. The number of carboxylic acid groups (broad SMARTS) is 1. The molecule has 4 rings (SSSR count). The topological polar surface area (TPSA) is 88.5 Å². The summed E-state index contributed by atoms with van der Waals surface area (Å²) in [6, 6.07) is 17.7. The summed E-state index contributed by atoms with van der Waals surface area (Å²) in [5.41, 5.74) is 5.32. The second-order valence-corrected chi connectivity index (χ2v) is 9.66. The van der Waals surface area contributed by atoms with Crippen LogP contribution < -0.4 is 5.32 Å². The molecule has 1 heterocycles. The summed E-state index contributed by atoms with van der Waals surface area (Å²) in [4.78, 5) is 28.2. The number of fused-ring (bicyclic) bond motifs is 3. The van der Waals surface area contributed by atoms with Crippen molar-refractivity contribution in [2.75, 3.05) is 6.61 Å². The summed E-state index contributed by atoms with van der Waals surface area (Å²) in [6.07, 6.45) is 1.68. The van der Waals surface area contributed by atoms with Gasteiger partial charge in [0.15, 0.2) is 0 Å². The maximum Gasteiger partial charge on any atom is 0.407 e. The van der Waals surface area contributed by atoms with Crippen LogP contribution in [0.1, 0.15) is 35.6 Å². The molecule has 1 amide bonds. The molecule has 33 heavy (non-hydrogen) atoms. The second-order valence-electron chi connectivity index (χ2n) is 7.89. The molecule has 2 N–H and O–H groups in total. The van der Waals surface area contributed by atoms with Gasteiger partial charge >= 0.3 is 12.1 Å². The molecule has 1 aromatic heterocycles. The highest BCUT2D eigenvalue weighted by Crippen LogP contribution is 2.44. The van der Waals surface area contributed by atoms with Gasteiger partial charge in [0.2, 0.25) is 0 Å². The van der Waals surface area contributed by atoms with Gasteiger partial charge in [-0.15, -0.1) is 0 Å². The lowest BCUT2D eigenvalue weighted by atomic mass is 9.98. The molecule has 0 spiro atoms. The fourth-order valence-corrected chi connectivity index (χ4v) is 5.31. The number of amides is 1. The van der Waals surface area contributed by atoms with Crippen molar-refractivity contribution in [3.05, 3.63) is 86.6 Å². The quantitative estimate of drug-likeness (QED) is 0.349. The van der Waals surface area contributed by atoms with E-state index in [-0.39, 0.29) is 25.4 Å². The van der Waals surface area contributed by atoms with Crippen LogP contribution in [0.5, 0.6) is 0 Å². The minimum Gasteiger partial charge on any atom is -0.481 e. The van der Waals surface area contributed by atoms with Gasteiger partial charge in [-0.25, -0.2) is 4.79 Å². The average molecular weight is 574 g/mol. The van der Waals surface area contributed by atoms with Gasteiger partial charge in [-0.2, -0.15) is 0 Å². The van der Waals surface area contributed by atoms with Gasteiger partial charge < -0.3 is 15.2 Å². The Balaban J connectivity index is 1.44. The van der Waals surface area contributed by atoms with Crippen molar-refractivity contribution in [2.45, 2.75) is 31.2 Å². The minimum atomic E-state index is -0.919. The van der Waals surface area contributed by atoms with E-state index in [1.165, 1.54) is 0 Å². The zero-order chi connectivity index (χ0) is 23.4. The first-order valence-corrected chi connectivity index (χ1v) is 12.1. The van der Waals surface area contributed by atoms with E-state index in [2.05, 4.69) is 66.4 Å². The number of ether oxygens (including phenoxy) is 1. The van der Waals surface area contributed by atoms with Crippen molar-refractivity contribution in [2.24, 2.45) is 0 Å². The molecule has 3 aromatic rings. The molecule has 8 heteroatoms. The highest BCUT2D eigenvalue weighted by atomic mass is 79.9. The summed E-state index contributed by atoms with van der Waals surface area (Å²) in [5.74, 6) is -0.958. The largest absolute Gasteiger partial charge is 0.481 e. The lowest BCUT2D eigenvalue weighted by Gasteiger charge is -2.20. The van der Waals surface area contributed by atoms with Gasteiger partial charge in [-0.3, -0.25) is 9.78 Å². The molecule has 0 fully saturated rings. The fraction of sp³-hybridized carbons (Fsp3) is 0.240. The predicted octanol–water partition coefficient (Wildman–Crippen LogP) is 5.92. The van der Waals surface area contributed by atoms with Crippen LogP contribution in [0, 0.1) is 0 Å². The number of carboxylic acids is 1. The molecule has 2 aromatic carbocycles. The lowest BCUT2D eigenvalue weighted by Crippen LogP contribution is -2.38. The smallest absolute Gasteiger partial charge is 0.407 e. The van der Waals surface area contributed by atoms with Crippen molar-refractivity contribution in [1.82, 2.24) is 10.3 Å². The number of rotatable bonds is 8. The molecule has 170 valence electrons. The Morgan fingerprint density at radius 3 is 2.30 bits per heavy atom. The number of nitrogens with one attached hydrogen (secondary N) is 1.